The standard InChI is InChI=1S/C10H15N3O/c1-8-2-3-12-10(9(8)11)13-4-6-14-7-5-13/h2-3H,4-7,11H2,1H3. The van der Waals surface area contributed by atoms with Gasteiger partial charge in [-0.05, 0) is 18.6 Å². The van der Waals surface area contributed by atoms with E-state index >= 15 is 0 Å². The zero-order valence-electron chi connectivity index (χ0n) is 8.36. The van der Waals surface area contributed by atoms with Gasteiger partial charge in [-0.1, -0.05) is 0 Å². The van der Waals surface area contributed by atoms with E-state index in [4.69, 9.17) is 10.5 Å². The van der Waals surface area contributed by atoms with E-state index in [9.17, 15) is 0 Å². The van der Waals surface area contributed by atoms with Crippen molar-refractivity contribution < 1.29 is 4.74 Å². The van der Waals surface area contributed by atoms with Gasteiger partial charge in [0.05, 0.1) is 18.9 Å². The summed E-state index contributed by atoms with van der Waals surface area (Å²) in [5.41, 5.74) is 7.84. The van der Waals surface area contributed by atoms with Crippen molar-refractivity contribution in [3.8, 4) is 0 Å². The smallest absolute Gasteiger partial charge is 0.152 e. The molecular weight excluding hydrogens is 178 g/mol. The van der Waals surface area contributed by atoms with Gasteiger partial charge in [-0.25, -0.2) is 4.98 Å². The fourth-order valence-electron chi connectivity index (χ4n) is 1.58. The van der Waals surface area contributed by atoms with E-state index in [0.717, 1.165) is 43.4 Å². The Morgan fingerprint density at radius 3 is 2.86 bits per heavy atom. The fraction of sp³-hybridized carbons (Fsp3) is 0.500. The lowest BCUT2D eigenvalue weighted by Gasteiger charge is -2.28. The zero-order valence-corrected chi connectivity index (χ0v) is 8.36. The van der Waals surface area contributed by atoms with Crippen molar-refractivity contribution in [3.63, 3.8) is 0 Å². The molecule has 1 aliphatic heterocycles. The van der Waals surface area contributed by atoms with Gasteiger partial charge in [0, 0.05) is 19.3 Å². The quantitative estimate of drug-likeness (QED) is 0.717. The molecule has 2 rings (SSSR count). The van der Waals surface area contributed by atoms with E-state index in [-0.39, 0.29) is 0 Å². The predicted molar refractivity (Wildman–Crippen MR) is 56.4 cm³/mol. The first-order valence-electron chi connectivity index (χ1n) is 4.83. The summed E-state index contributed by atoms with van der Waals surface area (Å²) in [6.45, 7) is 5.27. The van der Waals surface area contributed by atoms with Crippen LogP contribution < -0.4 is 10.6 Å². The van der Waals surface area contributed by atoms with Crippen LogP contribution in [-0.4, -0.2) is 31.3 Å². The van der Waals surface area contributed by atoms with E-state index in [1.54, 1.807) is 6.20 Å². The second kappa shape index (κ2) is 3.84. The highest BCUT2D eigenvalue weighted by Gasteiger charge is 2.15. The molecule has 2 N–H and O–H groups in total. The lowest BCUT2D eigenvalue weighted by molar-refractivity contribution is 0.122. The third kappa shape index (κ3) is 1.65. The van der Waals surface area contributed by atoms with Crippen molar-refractivity contribution in [2.75, 3.05) is 36.9 Å². The normalized spacial score (nSPS) is 17.1. The number of nitrogens with zero attached hydrogens (tertiary/aromatic N) is 2. The molecule has 0 saturated carbocycles. The summed E-state index contributed by atoms with van der Waals surface area (Å²) in [4.78, 5) is 6.48. The third-order valence-electron chi connectivity index (χ3n) is 2.50. The molecule has 1 aliphatic rings. The molecule has 0 amide bonds. The van der Waals surface area contributed by atoms with Gasteiger partial charge in [-0.3, -0.25) is 0 Å². The Kier molecular flexibility index (Phi) is 2.54. The maximum atomic E-state index is 5.97. The van der Waals surface area contributed by atoms with Gasteiger partial charge in [-0.2, -0.15) is 0 Å². The highest BCUT2D eigenvalue weighted by atomic mass is 16.5. The van der Waals surface area contributed by atoms with Crippen LogP contribution in [0.2, 0.25) is 0 Å². The first-order chi connectivity index (χ1) is 6.79. The van der Waals surface area contributed by atoms with Crippen molar-refractivity contribution in [2.45, 2.75) is 6.92 Å². The van der Waals surface area contributed by atoms with Crippen molar-refractivity contribution in [1.82, 2.24) is 4.98 Å². The molecule has 4 heteroatoms. The van der Waals surface area contributed by atoms with E-state index < -0.39 is 0 Å². The van der Waals surface area contributed by atoms with Crippen LogP contribution in [0, 0.1) is 6.92 Å². The third-order valence-corrected chi connectivity index (χ3v) is 2.50. The van der Waals surface area contributed by atoms with Crippen LogP contribution in [0.3, 0.4) is 0 Å². The Labute approximate surface area is 83.7 Å². The van der Waals surface area contributed by atoms with Crippen LogP contribution >= 0.6 is 0 Å². The number of hydrogen-bond donors (Lipinski definition) is 1. The molecule has 2 heterocycles. The highest BCUT2D eigenvalue weighted by Crippen LogP contribution is 2.23. The maximum Gasteiger partial charge on any atom is 0.152 e. The number of rotatable bonds is 1. The molecule has 0 unspecified atom stereocenters. The van der Waals surface area contributed by atoms with Crippen LogP contribution in [0.25, 0.3) is 0 Å². The molecule has 1 aromatic heterocycles. The lowest BCUT2D eigenvalue weighted by Crippen LogP contribution is -2.37. The van der Waals surface area contributed by atoms with Gasteiger partial charge in [0.1, 0.15) is 0 Å². The first-order valence-corrected chi connectivity index (χ1v) is 4.83. The van der Waals surface area contributed by atoms with E-state index in [1.807, 2.05) is 13.0 Å². The number of aryl methyl sites for hydroxylation is 1. The molecule has 0 atom stereocenters. The summed E-state index contributed by atoms with van der Waals surface area (Å²) in [6.07, 6.45) is 1.80. The summed E-state index contributed by atoms with van der Waals surface area (Å²) < 4.78 is 5.28. The summed E-state index contributed by atoms with van der Waals surface area (Å²) in [6, 6.07) is 1.93. The van der Waals surface area contributed by atoms with Crippen LogP contribution in [0.5, 0.6) is 0 Å². The number of nitrogen functional groups attached to an aromatic ring is 1. The van der Waals surface area contributed by atoms with Crippen LogP contribution in [0.4, 0.5) is 11.5 Å². The molecular formula is C10H15N3O. The average molecular weight is 193 g/mol. The number of hydrogen-bond acceptors (Lipinski definition) is 4. The van der Waals surface area contributed by atoms with Crippen molar-refractivity contribution >= 4 is 11.5 Å². The van der Waals surface area contributed by atoms with Gasteiger partial charge in [0.15, 0.2) is 5.82 Å². The fourth-order valence-corrected chi connectivity index (χ4v) is 1.58. The molecule has 1 saturated heterocycles. The predicted octanol–water partition coefficient (Wildman–Crippen LogP) is 0.809. The monoisotopic (exact) mass is 193 g/mol. The molecule has 0 aliphatic carbocycles. The molecule has 14 heavy (non-hydrogen) atoms. The van der Waals surface area contributed by atoms with Crippen molar-refractivity contribution in [2.24, 2.45) is 0 Å². The maximum absolute atomic E-state index is 5.97. The Morgan fingerprint density at radius 1 is 1.43 bits per heavy atom. The van der Waals surface area contributed by atoms with E-state index in [2.05, 4.69) is 9.88 Å². The van der Waals surface area contributed by atoms with Crippen LogP contribution in [-0.2, 0) is 4.74 Å². The first kappa shape index (κ1) is 9.27. The lowest BCUT2D eigenvalue weighted by atomic mass is 10.2. The van der Waals surface area contributed by atoms with Gasteiger partial charge < -0.3 is 15.4 Å². The van der Waals surface area contributed by atoms with Crippen LogP contribution in [0.15, 0.2) is 12.3 Å². The number of morpholine rings is 1. The molecule has 76 valence electrons. The SMILES string of the molecule is Cc1ccnc(N2CCOCC2)c1N. The second-order valence-electron chi connectivity index (χ2n) is 3.46. The van der Waals surface area contributed by atoms with Gasteiger partial charge in [0.25, 0.3) is 0 Å². The molecule has 1 aromatic rings. The number of pyridine rings is 1. The Morgan fingerprint density at radius 2 is 2.14 bits per heavy atom. The van der Waals surface area contributed by atoms with Crippen LogP contribution in [0.1, 0.15) is 5.56 Å². The zero-order chi connectivity index (χ0) is 9.97. The molecule has 0 radical (unpaired) electrons. The number of aromatic nitrogens is 1. The minimum Gasteiger partial charge on any atom is -0.396 e. The Bertz CT molecular complexity index is 321. The van der Waals surface area contributed by atoms with Gasteiger partial charge in [-0.15, -0.1) is 0 Å². The molecule has 0 spiro atoms. The van der Waals surface area contributed by atoms with Gasteiger partial charge in [0.2, 0.25) is 0 Å². The van der Waals surface area contributed by atoms with Gasteiger partial charge >= 0.3 is 0 Å². The number of nitrogens with two attached hydrogens (primary N) is 1. The molecule has 1 fully saturated rings. The summed E-state index contributed by atoms with van der Waals surface area (Å²) in [7, 11) is 0. The van der Waals surface area contributed by atoms with E-state index in [0.29, 0.717) is 0 Å². The average Bonchev–Trinajstić information content (AvgIpc) is 2.23. The highest BCUT2D eigenvalue weighted by molar-refractivity contribution is 5.66. The topological polar surface area (TPSA) is 51.4 Å². The molecule has 4 nitrogen and oxygen atoms in total. The number of anilines is 2. The van der Waals surface area contributed by atoms with E-state index in [1.165, 1.54) is 0 Å². The molecule has 0 aromatic carbocycles. The largest absolute Gasteiger partial charge is 0.396 e. The Hall–Kier alpha value is -1.29. The minimum absolute atomic E-state index is 0.759. The second-order valence-corrected chi connectivity index (χ2v) is 3.46. The van der Waals surface area contributed by atoms with Crippen molar-refractivity contribution in [1.29, 1.82) is 0 Å². The molecule has 0 bridgehead atoms. The minimum atomic E-state index is 0.759. The summed E-state index contributed by atoms with van der Waals surface area (Å²) >= 11 is 0. The van der Waals surface area contributed by atoms with Crippen molar-refractivity contribution in [3.05, 3.63) is 17.8 Å². The Balaban J connectivity index is 2.26. The summed E-state index contributed by atoms with van der Waals surface area (Å²) in [5.74, 6) is 0.897. The number of ether oxygens (including phenoxy) is 1. The summed E-state index contributed by atoms with van der Waals surface area (Å²) in [5, 5.41) is 0.